The van der Waals surface area contributed by atoms with Crippen LogP contribution in [0, 0.1) is 5.92 Å². The van der Waals surface area contributed by atoms with Crippen molar-refractivity contribution < 1.29 is 64.9 Å². The van der Waals surface area contributed by atoms with Gasteiger partial charge in [-0.15, -0.1) is 16.9 Å². The van der Waals surface area contributed by atoms with Gasteiger partial charge in [0.05, 0.1) is 10.0 Å². The van der Waals surface area contributed by atoms with Gasteiger partial charge in [0.25, 0.3) is 10.0 Å². The first kappa shape index (κ1) is 28.2. The zero-order valence-electron chi connectivity index (χ0n) is 15.5. The molecule has 1 aromatic rings. The van der Waals surface area contributed by atoms with E-state index in [4.69, 9.17) is 29.6 Å². The molecule has 0 radical (unpaired) electrons. The zero-order chi connectivity index (χ0) is 19.1. The third-order valence-electron chi connectivity index (χ3n) is 2.17. The van der Waals surface area contributed by atoms with Crippen molar-refractivity contribution in [3.8, 4) is 0 Å². The maximum absolute atomic E-state index is 12.0. The van der Waals surface area contributed by atoms with E-state index in [1.54, 1.807) is 20.8 Å². The Morgan fingerprint density at radius 1 is 1.44 bits per heavy atom. The number of thiocarbonyl (C=S) groups is 1. The molecule has 1 aromatic heterocycles. The van der Waals surface area contributed by atoms with Crippen molar-refractivity contribution in [1.29, 1.82) is 0 Å². The van der Waals surface area contributed by atoms with Crippen molar-refractivity contribution in [2.45, 2.75) is 50.8 Å². The monoisotopic (exact) mass is 453 g/mol. The second kappa shape index (κ2) is 12.5. The summed E-state index contributed by atoms with van der Waals surface area (Å²) in [6.07, 6.45) is 0.898. The van der Waals surface area contributed by atoms with Gasteiger partial charge in [0.15, 0.2) is 9.32 Å². The Hall–Kier alpha value is 1.03. The Kier molecular flexibility index (Phi) is 14.1. The van der Waals surface area contributed by atoms with Crippen LogP contribution in [-0.2, 0) is 10.0 Å². The van der Waals surface area contributed by atoms with E-state index in [2.05, 4.69) is 23.9 Å². The molecule has 0 fully saturated rings. The Morgan fingerprint density at radius 2 is 1.92 bits per heavy atom. The average Bonchev–Trinajstić information content (AvgIpc) is 2.65. The molecule has 11 heteroatoms. The van der Waals surface area contributed by atoms with Crippen LogP contribution < -0.4 is 72.3 Å². The third kappa shape index (κ3) is 14.7. The van der Waals surface area contributed by atoms with Crippen molar-refractivity contribution in [2.75, 3.05) is 12.3 Å². The van der Waals surface area contributed by atoms with Gasteiger partial charge >= 0.3 is 51.4 Å². The number of sulfonamides is 1. The summed E-state index contributed by atoms with van der Waals surface area (Å²) in [6, 6.07) is 1.40. The Balaban J connectivity index is 0. The molecule has 0 spiro atoms. The molecule has 0 saturated heterocycles. The van der Waals surface area contributed by atoms with Gasteiger partial charge in [-0.3, -0.25) is 4.72 Å². The number of hydrogen-bond donors (Lipinski definition) is 3. The summed E-state index contributed by atoms with van der Waals surface area (Å²) < 4.78 is 26.6. The molecule has 0 unspecified atom stereocenters. The number of anilines is 1. The molecule has 0 aliphatic carbocycles. The van der Waals surface area contributed by atoms with Crippen molar-refractivity contribution in [3.63, 3.8) is 0 Å². The van der Waals surface area contributed by atoms with Gasteiger partial charge in [-0.1, -0.05) is 46.2 Å². The normalized spacial score (nSPS) is 11.2. The first-order valence-electron chi connectivity index (χ1n) is 7.28. The fourth-order valence-electron chi connectivity index (χ4n) is 1.25. The minimum Gasteiger partial charge on any atom is -0.850 e. The standard InChI is InChI=1S/C10H16ClN3O2S3.C4H9O.K/c1-6(2)3-4-13-10(17)14-19(15,16)9-7(12)5-8(11)18-9;1-4(2,3)5;/h5-6H,3-4,12H2,1-2H3,(H2,13,14,17);1-3H3;/q;-1;+1. The fraction of sp³-hybridized carbons (Fsp3) is 0.643. The maximum Gasteiger partial charge on any atom is 1.00 e. The first-order chi connectivity index (χ1) is 10.7. The molecule has 0 bridgehead atoms. The van der Waals surface area contributed by atoms with Gasteiger partial charge in [0.1, 0.15) is 0 Å². The molecule has 1 heterocycles. The second-order valence-electron chi connectivity index (χ2n) is 6.45. The molecule has 4 N–H and O–H groups in total. The van der Waals surface area contributed by atoms with Crippen LogP contribution in [0.4, 0.5) is 5.69 Å². The van der Waals surface area contributed by atoms with Gasteiger partial charge in [0, 0.05) is 6.54 Å². The third-order valence-corrected chi connectivity index (χ3v) is 5.73. The van der Waals surface area contributed by atoms with E-state index in [-0.39, 0.29) is 66.4 Å². The smallest absolute Gasteiger partial charge is 0.850 e. The Bertz CT molecular complexity index is 637. The summed E-state index contributed by atoms with van der Waals surface area (Å²) in [5.41, 5.74) is 4.95. The van der Waals surface area contributed by atoms with Gasteiger partial charge in [-0.2, -0.15) is 0 Å². The van der Waals surface area contributed by atoms with Crippen molar-refractivity contribution in [1.82, 2.24) is 10.0 Å². The Morgan fingerprint density at radius 3 is 2.28 bits per heavy atom. The summed E-state index contributed by atoms with van der Waals surface area (Å²) in [5, 5.41) is 13.0. The largest absolute Gasteiger partial charge is 1.00 e. The summed E-state index contributed by atoms with van der Waals surface area (Å²) in [5.74, 6) is 0.513. The van der Waals surface area contributed by atoms with Crippen LogP contribution in [-0.4, -0.2) is 25.7 Å². The molecular weight excluding hydrogens is 429 g/mol. The predicted octanol–water partition coefficient (Wildman–Crippen LogP) is -0.668. The molecule has 0 saturated carbocycles. The number of nitrogen functional groups attached to an aromatic ring is 1. The second-order valence-corrected chi connectivity index (χ2v) is 10.4. The average molecular weight is 454 g/mol. The quantitative estimate of drug-likeness (QED) is 0.403. The molecule has 25 heavy (non-hydrogen) atoms. The van der Waals surface area contributed by atoms with Crippen LogP contribution in [0.25, 0.3) is 0 Å². The maximum atomic E-state index is 12.0. The number of nitrogens with one attached hydrogen (secondary N) is 2. The van der Waals surface area contributed by atoms with Crippen molar-refractivity contribution in [3.05, 3.63) is 10.4 Å². The van der Waals surface area contributed by atoms with Gasteiger partial charge in [-0.05, 0) is 30.6 Å². The number of rotatable bonds is 5. The molecule has 0 aromatic carbocycles. The fourth-order valence-corrected chi connectivity index (χ4v) is 4.32. The van der Waals surface area contributed by atoms with Gasteiger partial charge < -0.3 is 16.2 Å². The summed E-state index contributed by atoms with van der Waals surface area (Å²) in [6.45, 7) is 9.65. The van der Waals surface area contributed by atoms with Gasteiger partial charge in [0.2, 0.25) is 0 Å². The predicted molar refractivity (Wildman–Crippen MR) is 104 cm³/mol. The van der Waals surface area contributed by atoms with Crippen LogP contribution in [0.5, 0.6) is 0 Å². The van der Waals surface area contributed by atoms with Crippen LogP contribution in [0.15, 0.2) is 10.3 Å². The molecule has 6 nitrogen and oxygen atoms in total. The SMILES string of the molecule is CC(C)(C)[O-].CC(C)CCNC(=S)NS(=O)(=O)c1sc(Cl)cc1N.[K+]. The molecule has 1 rings (SSSR count). The molecule has 0 aliphatic heterocycles. The van der Waals surface area contributed by atoms with Crippen LogP contribution in [0.1, 0.15) is 41.0 Å². The van der Waals surface area contributed by atoms with Crippen molar-refractivity contribution >= 4 is 56.0 Å². The molecule has 0 amide bonds. The first-order valence-corrected chi connectivity index (χ1v) is 10.4. The molecule has 0 aliphatic rings. The van der Waals surface area contributed by atoms with Crippen LogP contribution in [0.2, 0.25) is 4.34 Å². The van der Waals surface area contributed by atoms with E-state index < -0.39 is 15.6 Å². The summed E-state index contributed by atoms with van der Waals surface area (Å²) >= 11 is 11.6. The number of halogens is 1. The van der Waals surface area contributed by atoms with E-state index in [9.17, 15) is 13.5 Å². The van der Waals surface area contributed by atoms with Crippen LogP contribution >= 0.6 is 35.2 Å². The number of hydrogen-bond acceptors (Lipinski definition) is 6. The van der Waals surface area contributed by atoms with E-state index in [1.807, 2.05) is 0 Å². The summed E-state index contributed by atoms with van der Waals surface area (Å²) in [7, 11) is -3.76. The minimum atomic E-state index is -3.76. The molecular formula is C14H25ClKN3O3S3. The van der Waals surface area contributed by atoms with E-state index in [1.165, 1.54) is 6.07 Å². The van der Waals surface area contributed by atoms with Gasteiger partial charge in [-0.25, -0.2) is 8.42 Å². The topological polar surface area (TPSA) is 107 Å². The summed E-state index contributed by atoms with van der Waals surface area (Å²) in [4.78, 5) is 0. The zero-order valence-corrected chi connectivity index (χ0v) is 21.8. The van der Waals surface area contributed by atoms with Crippen LogP contribution in [0.3, 0.4) is 0 Å². The van der Waals surface area contributed by atoms with Crippen molar-refractivity contribution in [2.24, 2.45) is 5.92 Å². The minimum absolute atomic E-state index is 0. The van der Waals surface area contributed by atoms with E-state index in [0.717, 1.165) is 17.8 Å². The number of nitrogens with two attached hydrogens (primary N) is 1. The molecule has 140 valence electrons. The molecule has 0 atom stereocenters. The van der Waals surface area contributed by atoms with E-state index in [0.29, 0.717) is 16.8 Å². The Labute approximate surface area is 207 Å². The number of thiophene rings is 1. The van der Waals surface area contributed by atoms with E-state index >= 15 is 0 Å².